The number of hydrogen-bond acceptors (Lipinski definition) is 6. The number of aromatic amines is 1. The number of nitrogens with zero attached hydrogens (tertiary/aromatic N) is 2. The molecule has 1 aromatic carbocycles. The molecule has 3 heterocycles. The van der Waals surface area contributed by atoms with Crippen LogP contribution < -0.4 is 5.32 Å². The van der Waals surface area contributed by atoms with Crippen molar-refractivity contribution in [3.8, 4) is 22.8 Å². The van der Waals surface area contributed by atoms with E-state index in [0.717, 1.165) is 17.3 Å². The average Bonchev–Trinajstić information content (AvgIpc) is 3.38. The summed E-state index contributed by atoms with van der Waals surface area (Å²) in [5.41, 5.74) is 2.41. The van der Waals surface area contributed by atoms with E-state index in [9.17, 15) is 19.8 Å². The number of carbonyl (C=O) groups excluding carboxylic acids is 2. The molecule has 29 heavy (non-hydrogen) atoms. The van der Waals surface area contributed by atoms with Gasteiger partial charge in [0.05, 0.1) is 17.8 Å². The maximum absolute atomic E-state index is 12.6. The van der Waals surface area contributed by atoms with Crippen molar-refractivity contribution in [2.75, 3.05) is 13.1 Å². The van der Waals surface area contributed by atoms with Crippen molar-refractivity contribution in [3.63, 3.8) is 0 Å². The largest absolute Gasteiger partial charge is 0.507 e. The molecule has 1 aliphatic heterocycles. The van der Waals surface area contributed by atoms with Crippen LogP contribution in [0.2, 0.25) is 5.02 Å². The molecule has 10 heteroatoms. The predicted molar refractivity (Wildman–Crippen MR) is 103 cm³/mol. The standard InChI is InChI=1S/C19H17ClN4O5/c20-12-6-10(14(25)7-15(12)26)18-11-9-24(4-3-13(11)22-23-18)17(27)8-21-19(28)16-2-1-5-29-16/h1-2,5-7,25-26H,3-4,8-9H2,(H,21,28)(H,22,23). The second-order valence-corrected chi connectivity index (χ2v) is 6.98. The van der Waals surface area contributed by atoms with Crippen LogP contribution in [0.1, 0.15) is 21.8 Å². The quantitative estimate of drug-likeness (QED) is 0.514. The van der Waals surface area contributed by atoms with Crippen molar-refractivity contribution in [2.24, 2.45) is 0 Å². The van der Waals surface area contributed by atoms with Gasteiger partial charge in [0.15, 0.2) is 5.76 Å². The summed E-state index contributed by atoms with van der Waals surface area (Å²) < 4.78 is 5.00. The molecule has 150 valence electrons. The molecule has 0 bridgehead atoms. The summed E-state index contributed by atoms with van der Waals surface area (Å²) in [5, 5.41) is 29.6. The molecule has 2 amide bonds. The molecule has 0 unspecified atom stereocenters. The number of aromatic hydroxyl groups is 2. The molecule has 2 aromatic heterocycles. The monoisotopic (exact) mass is 416 g/mol. The van der Waals surface area contributed by atoms with E-state index in [-0.39, 0.29) is 41.3 Å². The van der Waals surface area contributed by atoms with Crippen LogP contribution in [-0.4, -0.2) is 50.2 Å². The van der Waals surface area contributed by atoms with Crippen molar-refractivity contribution in [1.29, 1.82) is 0 Å². The van der Waals surface area contributed by atoms with Gasteiger partial charge in [0.1, 0.15) is 17.2 Å². The third kappa shape index (κ3) is 3.64. The maximum atomic E-state index is 12.6. The Balaban J connectivity index is 1.50. The van der Waals surface area contributed by atoms with E-state index in [1.807, 2.05) is 0 Å². The molecular formula is C19H17ClN4O5. The van der Waals surface area contributed by atoms with E-state index >= 15 is 0 Å². The molecule has 9 nitrogen and oxygen atoms in total. The zero-order chi connectivity index (χ0) is 20.5. The molecule has 0 spiro atoms. The molecule has 3 aromatic rings. The smallest absolute Gasteiger partial charge is 0.287 e. The lowest BCUT2D eigenvalue weighted by Gasteiger charge is -2.27. The van der Waals surface area contributed by atoms with Crippen LogP contribution in [0.4, 0.5) is 0 Å². The third-order valence-corrected chi connectivity index (χ3v) is 5.05. The average molecular weight is 417 g/mol. The number of rotatable bonds is 4. The SMILES string of the molecule is O=C(NCC(=O)N1CCc2[nH]nc(-c3cc(Cl)c(O)cc3O)c2C1)c1ccco1. The minimum absolute atomic E-state index is 0.0823. The lowest BCUT2D eigenvalue weighted by Crippen LogP contribution is -2.42. The Kier molecular flexibility index (Phi) is 4.89. The number of halogens is 1. The van der Waals surface area contributed by atoms with Crippen molar-refractivity contribution < 1.29 is 24.2 Å². The van der Waals surface area contributed by atoms with E-state index in [4.69, 9.17) is 16.0 Å². The molecule has 4 N–H and O–H groups in total. The first-order valence-electron chi connectivity index (χ1n) is 8.81. The highest BCUT2D eigenvalue weighted by atomic mass is 35.5. The number of fused-ring (bicyclic) bond motifs is 1. The Bertz CT molecular complexity index is 1080. The molecule has 0 saturated heterocycles. The molecule has 1 aliphatic rings. The summed E-state index contributed by atoms with van der Waals surface area (Å²) in [6, 6.07) is 5.68. The lowest BCUT2D eigenvalue weighted by atomic mass is 10.00. The van der Waals surface area contributed by atoms with Crippen molar-refractivity contribution in [2.45, 2.75) is 13.0 Å². The molecule has 0 fully saturated rings. The molecule has 4 rings (SSSR count). The Labute approximate surface area is 169 Å². The van der Waals surface area contributed by atoms with Gasteiger partial charge in [-0.1, -0.05) is 11.6 Å². The highest BCUT2D eigenvalue weighted by molar-refractivity contribution is 6.32. The van der Waals surface area contributed by atoms with Crippen molar-refractivity contribution in [1.82, 2.24) is 20.4 Å². The molecule has 0 radical (unpaired) electrons. The van der Waals surface area contributed by atoms with Gasteiger partial charge in [-0.05, 0) is 18.2 Å². The summed E-state index contributed by atoms with van der Waals surface area (Å²) >= 11 is 5.97. The van der Waals surface area contributed by atoms with Gasteiger partial charge in [-0.3, -0.25) is 14.7 Å². The fourth-order valence-electron chi connectivity index (χ4n) is 3.23. The van der Waals surface area contributed by atoms with Crippen LogP contribution in [-0.2, 0) is 17.8 Å². The van der Waals surface area contributed by atoms with Crippen LogP contribution >= 0.6 is 11.6 Å². The number of phenols is 2. The van der Waals surface area contributed by atoms with Gasteiger partial charge in [-0.2, -0.15) is 5.10 Å². The number of hydrogen-bond donors (Lipinski definition) is 4. The number of H-pyrrole nitrogens is 1. The van der Waals surface area contributed by atoms with Crippen LogP contribution in [0, 0.1) is 0 Å². The minimum atomic E-state index is -0.464. The number of aromatic nitrogens is 2. The maximum Gasteiger partial charge on any atom is 0.287 e. The Morgan fingerprint density at radius 2 is 2.14 bits per heavy atom. The van der Waals surface area contributed by atoms with E-state index in [0.29, 0.717) is 24.2 Å². The summed E-state index contributed by atoms with van der Waals surface area (Å²) in [6.07, 6.45) is 1.93. The van der Waals surface area contributed by atoms with Gasteiger partial charge < -0.3 is 24.8 Å². The molecular weight excluding hydrogens is 400 g/mol. The first-order chi connectivity index (χ1) is 13.9. The van der Waals surface area contributed by atoms with Gasteiger partial charge >= 0.3 is 0 Å². The third-order valence-electron chi connectivity index (χ3n) is 4.75. The van der Waals surface area contributed by atoms with E-state index in [1.54, 1.807) is 11.0 Å². The van der Waals surface area contributed by atoms with Crippen LogP contribution in [0.25, 0.3) is 11.3 Å². The Morgan fingerprint density at radius 1 is 1.31 bits per heavy atom. The number of phenolic OH excluding ortho intramolecular Hbond substituents is 2. The molecule has 0 saturated carbocycles. The second-order valence-electron chi connectivity index (χ2n) is 6.58. The molecule has 0 aliphatic carbocycles. The van der Waals surface area contributed by atoms with Gasteiger partial charge in [-0.15, -0.1) is 0 Å². The zero-order valence-corrected chi connectivity index (χ0v) is 15.9. The first-order valence-corrected chi connectivity index (χ1v) is 9.19. The Morgan fingerprint density at radius 3 is 2.90 bits per heavy atom. The fourth-order valence-corrected chi connectivity index (χ4v) is 3.40. The summed E-state index contributed by atoms with van der Waals surface area (Å²) in [5.74, 6) is -0.989. The normalized spacial score (nSPS) is 13.2. The van der Waals surface area contributed by atoms with Crippen LogP contribution in [0.15, 0.2) is 34.9 Å². The summed E-state index contributed by atoms with van der Waals surface area (Å²) in [6.45, 7) is 0.555. The van der Waals surface area contributed by atoms with Gasteiger partial charge in [-0.25, -0.2) is 0 Å². The second kappa shape index (κ2) is 7.51. The predicted octanol–water partition coefficient (Wildman–Crippen LogP) is 2.05. The number of amides is 2. The minimum Gasteiger partial charge on any atom is -0.507 e. The van der Waals surface area contributed by atoms with Crippen molar-refractivity contribution in [3.05, 3.63) is 52.6 Å². The van der Waals surface area contributed by atoms with Crippen LogP contribution in [0.5, 0.6) is 11.5 Å². The van der Waals surface area contributed by atoms with E-state index in [2.05, 4.69) is 15.5 Å². The van der Waals surface area contributed by atoms with Gasteiger partial charge in [0, 0.05) is 42.4 Å². The van der Waals surface area contributed by atoms with Crippen LogP contribution in [0.3, 0.4) is 0 Å². The van der Waals surface area contributed by atoms with E-state index in [1.165, 1.54) is 18.4 Å². The van der Waals surface area contributed by atoms with Crippen molar-refractivity contribution >= 4 is 23.4 Å². The highest BCUT2D eigenvalue weighted by Gasteiger charge is 2.27. The Hall–Kier alpha value is -3.46. The topological polar surface area (TPSA) is 132 Å². The van der Waals surface area contributed by atoms with Gasteiger partial charge in [0.25, 0.3) is 5.91 Å². The van der Waals surface area contributed by atoms with Gasteiger partial charge in [0.2, 0.25) is 5.91 Å². The lowest BCUT2D eigenvalue weighted by molar-refractivity contribution is -0.131. The number of nitrogens with one attached hydrogen (secondary N) is 2. The first kappa shape index (κ1) is 18.9. The fraction of sp³-hybridized carbons (Fsp3) is 0.211. The summed E-state index contributed by atoms with van der Waals surface area (Å²) in [4.78, 5) is 26.1. The summed E-state index contributed by atoms with van der Waals surface area (Å²) in [7, 11) is 0. The number of benzene rings is 1. The highest BCUT2D eigenvalue weighted by Crippen LogP contribution is 2.39. The number of furan rings is 1. The zero-order valence-electron chi connectivity index (χ0n) is 15.1. The molecule has 0 atom stereocenters. The van der Waals surface area contributed by atoms with E-state index < -0.39 is 5.91 Å². The number of carbonyl (C=O) groups is 2.